The van der Waals surface area contributed by atoms with E-state index in [1.807, 2.05) is 6.92 Å². The van der Waals surface area contributed by atoms with Crippen molar-refractivity contribution in [3.05, 3.63) is 0 Å². The minimum Gasteiger partial charge on any atom is -0.366 e. The molecule has 0 aromatic heterocycles. The van der Waals surface area contributed by atoms with Gasteiger partial charge in [-0.25, -0.2) is 0 Å². The van der Waals surface area contributed by atoms with E-state index in [0.29, 0.717) is 12.8 Å². The Hall–Kier alpha value is -0.0800. The minimum atomic E-state index is -1.41. The first-order chi connectivity index (χ1) is 6.05. The van der Waals surface area contributed by atoms with Crippen LogP contribution in [0.25, 0.3) is 0 Å². The highest BCUT2D eigenvalue weighted by Gasteiger charge is 2.27. The molecular weight excluding hydrogens is 164 g/mol. The second-order valence-electron chi connectivity index (χ2n) is 4.54. The molecule has 1 fully saturated rings. The van der Waals surface area contributed by atoms with Gasteiger partial charge < -0.3 is 10.2 Å². The van der Waals surface area contributed by atoms with Gasteiger partial charge in [-0.1, -0.05) is 33.1 Å². The van der Waals surface area contributed by atoms with E-state index in [-0.39, 0.29) is 0 Å². The molecule has 1 rings (SSSR count). The normalized spacial score (nSPS) is 29.5. The van der Waals surface area contributed by atoms with E-state index >= 15 is 0 Å². The smallest absolute Gasteiger partial charge is 0.162 e. The Kier molecular flexibility index (Phi) is 3.74. The Bertz CT molecular complexity index is 154. The maximum atomic E-state index is 9.43. The molecule has 1 saturated carbocycles. The Morgan fingerprint density at radius 3 is 2.46 bits per heavy atom. The molecule has 78 valence electrons. The quantitative estimate of drug-likeness (QED) is 0.661. The molecule has 2 unspecified atom stereocenters. The maximum Gasteiger partial charge on any atom is 0.162 e. The van der Waals surface area contributed by atoms with Crippen LogP contribution in [0.3, 0.4) is 0 Å². The zero-order chi connectivity index (χ0) is 9.90. The zero-order valence-electron chi connectivity index (χ0n) is 8.79. The molecular formula is C11H22O2. The molecule has 0 radical (unpaired) electrons. The molecule has 0 aliphatic heterocycles. The monoisotopic (exact) mass is 186 g/mol. The summed E-state index contributed by atoms with van der Waals surface area (Å²) < 4.78 is 0. The molecule has 0 bridgehead atoms. The Balaban J connectivity index is 2.25. The van der Waals surface area contributed by atoms with Gasteiger partial charge in [0.25, 0.3) is 0 Å². The van der Waals surface area contributed by atoms with Crippen molar-refractivity contribution in [1.29, 1.82) is 0 Å². The molecule has 1 aliphatic rings. The van der Waals surface area contributed by atoms with Gasteiger partial charge in [0.15, 0.2) is 5.79 Å². The largest absolute Gasteiger partial charge is 0.366 e. The maximum absolute atomic E-state index is 9.43. The second kappa shape index (κ2) is 4.43. The van der Waals surface area contributed by atoms with Crippen molar-refractivity contribution >= 4 is 0 Å². The lowest BCUT2D eigenvalue weighted by atomic mass is 9.90. The second-order valence-corrected chi connectivity index (χ2v) is 4.54. The van der Waals surface area contributed by atoms with E-state index in [1.54, 1.807) is 0 Å². The summed E-state index contributed by atoms with van der Waals surface area (Å²) in [4.78, 5) is 0. The summed E-state index contributed by atoms with van der Waals surface area (Å²) in [7, 11) is 0. The highest BCUT2D eigenvalue weighted by atomic mass is 16.5. The van der Waals surface area contributed by atoms with Gasteiger partial charge in [0.05, 0.1) is 0 Å². The lowest BCUT2D eigenvalue weighted by molar-refractivity contribution is -0.169. The van der Waals surface area contributed by atoms with Crippen LogP contribution in [0.2, 0.25) is 0 Å². The summed E-state index contributed by atoms with van der Waals surface area (Å²) in [6.07, 6.45) is 5.87. The van der Waals surface area contributed by atoms with Crippen LogP contribution in [0.4, 0.5) is 0 Å². The zero-order valence-corrected chi connectivity index (χ0v) is 8.79. The summed E-state index contributed by atoms with van der Waals surface area (Å²) >= 11 is 0. The van der Waals surface area contributed by atoms with Gasteiger partial charge in [0.1, 0.15) is 0 Å². The summed E-state index contributed by atoms with van der Waals surface area (Å²) in [6, 6.07) is 0. The van der Waals surface area contributed by atoms with Gasteiger partial charge in [-0.2, -0.15) is 0 Å². The van der Waals surface area contributed by atoms with Crippen LogP contribution < -0.4 is 0 Å². The first-order valence-corrected chi connectivity index (χ1v) is 5.50. The van der Waals surface area contributed by atoms with Crippen LogP contribution in [-0.4, -0.2) is 16.0 Å². The minimum absolute atomic E-state index is 0.439. The van der Waals surface area contributed by atoms with Gasteiger partial charge in [0.2, 0.25) is 0 Å². The molecule has 0 heterocycles. The summed E-state index contributed by atoms with van der Waals surface area (Å²) in [6.45, 7) is 4.10. The van der Waals surface area contributed by atoms with Crippen molar-refractivity contribution in [2.24, 2.45) is 11.8 Å². The van der Waals surface area contributed by atoms with Crippen molar-refractivity contribution in [3.8, 4) is 0 Å². The molecule has 0 saturated heterocycles. The van der Waals surface area contributed by atoms with Crippen LogP contribution in [0, 0.1) is 11.8 Å². The third-order valence-electron chi connectivity index (χ3n) is 3.52. The molecule has 0 aromatic carbocycles. The molecule has 2 N–H and O–H groups in total. The van der Waals surface area contributed by atoms with E-state index in [4.69, 9.17) is 0 Å². The fourth-order valence-electron chi connectivity index (χ4n) is 2.24. The fourth-order valence-corrected chi connectivity index (χ4v) is 2.24. The Morgan fingerprint density at radius 1 is 1.31 bits per heavy atom. The van der Waals surface area contributed by atoms with E-state index in [9.17, 15) is 10.2 Å². The molecule has 0 aromatic rings. The van der Waals surface area contributed by atoms with Crippen LogP contribution in [0.1, 0.15) is 52.4 Å². The number of hydrogen-bond donors (Lipinski definition) is 2. The molecule has 13 heavy (non-hydrogen) atoms. The standard InChI is InChI=1S/C11H22O2/c1-3-11(12,13)8-7-10-6-4-5-9(10)2/h9-10,12-13H,3-8H2,1-2H3. The third-order valence-corrected chi connectivity index (χ3v) is 3.52. The van der Waals surface area contributed by atoms with Gasteiger partial charge in [-0.3, -0.25) is 0 Å². The SMILES string of the molecule is CCC(O)(O)CCC1CCCC1C. The molecule has 1 aliphatic carbocycles. The first-order valence-electron chi connectivity index (χ1n) is 5.50. The molecule has 2 heteroatoms. The van der Waals surface area contributed by atoms with Crippen LogP contribution in [0.5, 0.6) is 0 Å². The molecule has 0 spiro atoms. The van der Waals surface area contributed by atoms with Crippen molar-refractivity contribution in [1.82, 2.24) is 0 Å². The first kappa shape index (κ1) is 11.0. The number of aliphatic hydroxyl groups is 2. The average Bonchev–Trinajstić information content (AvgIpc) is 2.48. The molecule has 0 amide bonds. The summed E-state index contributed by atoms with van der Waals surface area (Å²) in [5.74, 6) is 0.0976. The predicted octanol–water partition coefficient (Wildman–Crippen LogP) is 2.29. The van der Waals surface area contributed by atoms with Gasteiger partial charge in [-0.15, -0.1) is 0 Å². The highest BCUT2D eigenvalue weighted by molar-refractivity contribution is 4.76. The lowest BCUT2D eigenvalue weighted by Crippen LogP contribution is -2.27. The number of hydrogen-bond acceptors (Lipinski definition) is 2. The Morgan fingerprint density at radius 2 is 2.00 bits per heavy atom. The molecule has 2 atom stereocenters. The van der Waals surface area contributed by atoms with Crippen LogP contribution >= 0.6 is 0 Å². The fraction of sp³-hybridized carbons (Fsp3) is 1.00. The predicted molar refractivity (Wildman–Crippen MR) is 53.2 cm³/mol. The van der Waals surface area contributed by atoms with Crippen molar-refractivity contribution in [2.75, 3.05) is 0 Å². The van der Waals surface area contributed by atoms with Crippen molar-refractivity contribution in [2.45, 2.75) is 58.2 Å². The average molecular weight is 186 g/mol. The topological polar surface area (TPSA) is 40.5 Å². The Labute approximate surface area is 81.0 Å². The van der Waals surface area contributed by atoms with Crippen LogP contribution in [0.15, 0.2) is 0 Å². The highest BCUT2D eigenvalue weighted by Crippen LogP contribution is 2.35. The van der Waals surface area contributed by atoms with Crippen molar-refractivity contribution in [3.63, 3.8) is 0 Å². The lowest BCUT2D eigenvalue weighted by Gasteiger charge is -2.23. The van der Waals surface area contributed by atoms with Gasteiger partial charge in [-0.05, 0) is 24.7 Å². The number of rotatable bonds is 4. The summed E-state index contributed by atoms with van der Waals surface area (Å²) in [5, 5.41) is 18.9. The van der Waals surface area contributed by atoms with E-state index < -0.39 is 5.79 Å². The van der Waals surface area contributed by atoms with Crippen molar-refractivity contribution < 1.29 is 10.2 Å². The van der Waals surface area contributed by atoms with Crippen LogP contribution in [-0.2, 0) is 0 Å². The van der Waals surface area contributed by atoms with E-state index in [1.165, 1.54) is 19.3 Å². The third kappa shape index (κ3) is 3.28. The van der Waals surface area contributed by atoms with E-state index in [0.717, 1.165) is 18.3 Å². The van der Waals surface area contributed by atoms with E-state index in [2.05, 4.69) is 6.92 Å². The van der Waals surface area contributed by atoms with Gasteiger partial charge >= 0.3 is 0 Å². The molecule has 2 nitrogen and oxygen atoms in total. The van der Waals surface area contributed by atoms with Gasteiger partial charge in [0, 0.05) is 6.42 Å². The summed E-state index contributed by atoms with van der Waals surface area (Å²) in [5.41, 5.74) is 0.